The molecule has 2 heterocycles. The molecule has 0 spiro atoms. The van der Waals surface area contributed by atoms with Gasteiger partial charge in [0.25, 0.3) is 0 Å². The van der Waals surface area contributed by atoms with Gasteiger partial charge in [-0.05, 0) is 18.2 Å². The number of carbonyl (C=O) groups is 1. The van der Waals surface area contributed by atoms with Gasteiger partial charge >= 0.3 is 0 Å². The van der Waals surface area contributed by atoms with Crippen LogP contribution in [0.2, 0.25) is 0 Å². The highest BCUT2D eigenvalue weighted by molar-refractivity contribution is 8.00. The van der Waals surface area contributed by atoms with Gasteiger partial charge in [0, 0.05) is 12.0 Å². The van der Waals surface area contributed by atoms with Crippen LogP contribution in [0.3, 0.4) is 0 Å². The summed E-state index contributed by atoms with van der Waals surface area (Å²) in [4.78, 5) is 13.8. The quantitative estimate of drug-likeness (QED) is 0.862. The number of rotatable bonds is 4. The average Bonchev–Trinajstić information content (AvgIpc) is 3.09. The largest absolute Gasteiger partial charge is 0.463 e. The highest BCUT2D eigenvalue weighted by atomic mass is 32.2. The normalized spacial score (nSPS) is 18.5. The van der Waals surface area contributed by atoms with E-state index in [4.69, 9.17) is 4.42 Å². The number of nitrogens with zero attached hydrogens (tertiary/aromatic N) is 1. The van der Waals surface area contributed by atoms with Crippen molar-refractivity contribution in [1.29, 1.82) is 0 Å². The lowest BCUT2D eigenvalue weighted by atomic mass is 10.2. The molecule has 0 bridgehead atoms. The van der Waals surface area contributed by atoms with Crippen LogP contribution in [-0.2, 0) is 17.8 Å². The molecule has 5 heteroatoms. The molecule has 3 nitrogen and oxygen atoms in total. The maximum atomic E-state index is 13.8. The van der Waals surface area contributed by atoms with E-state index in [0.717, 1.165) is 17.9 Å². The van der Waals surface area contributed by atoms with E-state index < -0.39 is 0 Å². The predicted octanol–water partition coefficient (Wildman–Crippen LogP) is 3.76. The summed E-state index contributed by atoms with van der Waals surface area (Å²) in [5, 5.41) is -0.169. The lowest BCUT2D eigenvalue weighted by Gasteiger charge is -2.22. The van der Waals surface area contributed by atoms with Crippen LogP contribution in [-0.4, -0.2) is 16.6 Å². The van der Waals surface area contributed by atoms with Crippen LogP contribution < -0.4 is 0 Å². The van der Waals surface area contributed by atoms with Crippen molar-refractivity contribution in [3.63, 3.8) is 0 Å². The van der Waals surface area contributed by atoms with Crippen molar-refractivity contribution in [3.8, 4) is 0 Å². The molecule has 0 N–H and O–H groups in total. The van der Waals surface area contributed by atoms with Gasteiger partial charge in [0.1, 0.15) is 22.7 Å². The topological polar surface area (TPSA) is 33.5 Å². The maximum absolute atomic E-state index is 13.8. The standard InChI is InChI=1S/C16H16FNO2S/c1-2-12-7-8-14(20-12)16-18(15(19)10-21-16)9-11-5-3-4-6-13(11)17/h3-8,16H,2,9-10H2,1H3. The van der Waals surface area contributed by atoms with Crippen LogP contribution >= 0.6 is 11.8 Å². The molecular weight excluding hydrogens is 289 g/mol. The summed E-state index contributed by atoms with van der Waals surface area (Å²) in [7, 11) is 0. The number of thioether (sulfide) groups is 1. The van der Waals surface area contributed by atoms with Gasteiger partial charge in [0.05, 0.1) is 12.3 Å². The van der Waals surface area contributed by atoms with Crippen LogP contribution in [0, 0.1) is 5.82 Å². The molecule has 1 saturated heterocycles. The molecule has 1 unspecified atom stereocenters. The maximum Gasteiger partial charge on any atom is 0.234 e. The summed E-state index contributed by atoms with van der Waals surface area (Å²) < 4.78 is 19.5. The van der Waals surface area contributed by atoms with Crippen LogP contribution in [0.15, 0.2) is 40.8 Å². The fourth-order valence-corrected chi connectivity index (χ4v) is 3.52. The van der Waals surface area contributed by atoms with Crippen LogP contribution in [0.1, 0.15) is 29.4 Å². The van der Waals surface area contributed by atoms with Crippen molar-refractivity contribution < 1.29 is 13.6 Å². The smallest absolute Gasteiger partial charge is 0.234 e. The van der Waals surface area contributed by atoms with Gasteiger partial charge in [-0.15, -0.1) is 11.8 Å². The molecule has 0 aliphatic carbocycles. The lowest BCUT2D eigenvalue weighted by molar-refractivity contribution is -0.128. The molecule has 1 aliphatic heterocycles. The first-order valence-corrected chi connectivity index (χ1v) is 7.97. The van der Waals surface area contributed by atoms with Gasteiger partial charge in [-0.3, -0.25) is 4.79 Å². The zero-order valence-corrected chi connectivity index (χ0v) is 12.5. The Labute approximate surface area is 127 Å². The molecule has 1 atom stereocenters. The second-order valence-electron chi connectivity index (χ2n) is 4.93. The Hall–Kier alpha value is -1.75. The van der Waals surface area contributed by atoms with E-state index in [9.17, 15) is 9.18 Å². The zero-order chi connectivity index (χ0) is 14.8. The molecule has 0 radical (unpaired) electrons. The number of aryl methyl sites for hydroxylation is 1. The van der Waals surface area contributed by atoms with E-state index in [1.807, 2.05) is 19.1 Å². The van der Waals surface area contributed by atoms with E-state index in [1.165, 1.54) is 17.8 Å². The SMILES string of the molecule is CCc1ccc(C2SCC(=O)N2Cc2ccccc2F)o1. The molecule has 110 valence electrons. The second-order valence-corrected chi connectivity index (χ2v) is 6.00. The number of furan rings is 1. The summed E-state index contributed by atoms with van der Waals surface area (Å²) in [5.74, 6) is 1.80. The van der Waals surface area contributed by atoms with Crippen LogP contribution in [0.5, 0.6) is 0 Å². The number of amides is 1. The summed E-state index contributed by atoms with van der Waals surface area (Å²) in [6, 6.07) is 10.4. The Kier molecular flexibility index (Phi) is 4.01. The van der Waals surface area contributed by atoms with Gasteiger partial charge < -0.3 is 9.32 Å². The molecule has 1 fully saturated rings. The summed E-state index contributed by atoms with van der Waals surface area (Å²) >= 11 is 1.52. The summed E-state index contributed by atoms with van der Waals surface area (Å²) in [5.41, 5.74) is 0.528. The van der Waals surface area contributed by atoms with E-state index in [1.54, 1.807) is 23.1 Å². The number of halogens is 1. The van der Waals surface area contributed by atoms with Crippen molar-refractivity contribution in [2.75, 3.05) is 5.75 Å². The molecule has 1 aromatic carbocycles. The first-order chi connectivity index (χ1) is 10.2. The van der Waals surface area contributed by atoms with Gasteiger partial charge in [-0.1, -0.05) is 25.1 Å². The Morgan fingerprint density at radius 3 is 2.86 bits per heavy atom. The zero-order valence-electron chi connectivity index (χ0n) is 11.7. The fraction of sp³-hybridized carbons (Fsp3) is 0.312. The molecule has 0 saturated carbocycles. The van der Waals surface area contributed by atoms with Gasteiger partial charge in [0.2, 0.25) is 5.91 Å². The number of carbonyl (C=O) groups excluding carboxylic acids is 1. The minimum absolute atomic E-state index is 0.0164. The van der Waals surface area contributed by atoms with Crippen molar-refractivity contribution in [3.05, 3.63) is 59.3 Å². The predicted molar refractivity (Wildman–Crippen MR) is 80.2 cm³/mol. The van der Waals surface area contributed by atoms with Crippen LogP contribution in [0.25, 0.3) is 0 Å². The molecule has 1 amide bonds. The molecule has 3 rings (SSSR count). The van der Waals surface area contributed by atoms with Gasteiger partial charge in [0.15, 0.2) is 0 Å². The van der Waals surface area contributed by atoms with E-state index in [2.05, 4.69) is 0 Å². The molecule has 1 aliphatic rings. The third-order valence-electron chi connectivity index (χ3n) is 3.54. The monoisotopic (exact) mass is 305 g/mol. The van der Waals surface area contributed by atoms with Crippen molar-refractivity contribution in [2.45, 2.75) is 25.3 Å². The van der Waals surface area contributed by atoms with E-state index in [-0.39, 0.29) is 23.6 Å². The lowest BCUT2D eigenvalue weighted by Crippen LogP contribution is -2.27. The third-order valence-corrected chi connectivity index (χ3v) is 4.76. The Balaban J connectivity index is 1.84. The van der Waals surface area contributed by atoms with E-state index >= 15 is 0 Å². The van der Waals surface area contributed by atoms with Crippen LogP contribution in [0.4, 0.5) is 4.39 Å². The first-order valence-electron chi connectivity index (χ1n) is 6.92. The van der Waals surface area contributed by atoms with Crippen molar-refractivity contribution in [2.24, 2.45) is 0 Å². The van der Waals surface area contributed by atoms with Gasteiger partial charge in [-0.25, -0.2) is 4.39 Å². The first kappa shape index (κ1) is 14.2. The second kappa shape index (κ2) is 5.93. The average molecular weight is 305 g/mol. The number of benzene rings is 1. The summed E-state index contributed by atoms with van der Waals surface area (Å²) in [6.45, 7) is 2.29. The minimum atomic E-state index is -0.283. The van der Waals surface area contributed by atoms with Crippen molar-refractivity contribution >= 4 is 17.7 Å². The van der Waals surface area contributed by atoms with Gasteiger partial charge in [-0.2, -0.15) is 0 Å². The minimum Gasteiger partial charge on any atom is -0.463 e. The molecule has 1 aromatic heterocycles. The Morgan fingerprint density at radius 2 is 2.14 bits per heavy atom. The fourth-order valence-electron chi connectivity index (χ4n) is 2.39. The van der Waals surface area contributed by atoms with E-state index in [0.29, 0.717) is 11.3 Å². The Bertz CT molecular complexity index is 655. The highest BCUT2D eigenvalue weighted by Gasteiger charge is 2.35. The molecular formula is C16H16FNO2S. The third kappa shape index (κ3) is 2.83. The highest BCUT2D eigenvalue weighted by Crippen LogP contribution is 2.40. The number of hydrogen-bond acceptors (Lipinski definition) is 3. The van der Waals surface area contributed by atoms with Crippen molar-refractivity contribution in [1.82, 2.24) is 4.90 Å². The summed E-state index contributed by atoms with van der Waals surface area (Å²) in [6.07, 6.45) is 0.818. The number of hydrogen-bond donors (Lipinski definition) is 0. The molecule has 21 heavy (non-hydrogen) atoms. The Morgan fingerprint density at radius 1 is 1.33 bits per heavy atom. The molecule has 2 aromatic rings.